The van der Waals surface area contributed by atoms with Crippen LogP contribution in [-0.4, -0.2) is 34.0 Å². The van der Waals surface area contributed by atoms with Gasteiger partial charge in [-0.25, -0.2) is 17.2 Å². The van der Waals surface area contributed by atoms with Gasteiger partial charge in [-0.05, 0) is 79.8 Å². The second-order valence-electron chi connectivity index (χ2n) is 10.4. The molecule has 0 spiro atoms. The molecule has 0 amide bonds. The van der Waals surface area contributed by atoms with Gasteiger partial charge in [0.25, 0.3) is 5.56 Å². The van der Waals surface area contributed by atoms with Gasteiger partial charge in [-0.2, -0.15) is 5.10 Å². The fourth-order valence-corrected chi connectivity index (χ4v) is 6.81. The largest absolute Gasteiger partial charge is 0.277 e. The van der Waals surface area contributed by atoms with Crippen LogP contribution in [0.2, 0.25) is 5.02 Å². The predicted octanol–water partition coefficient (Wildman–Crippen LogP) is 5.27. The van der Waals surface area contributed by atoms with Crippen molar-refractivity contribution in [3.63, 3.8) is 0 Å². The SMILES string of the molecule is Cc1cnc(-c2cccc(S(C)(=O)=O)c2F)c(F)c1-n1c(C)cc([C@H]2C[C@@H]2c2cnn3c2CCC3)c(Cl)c1=O. The van der Waals surface area contributed by atoms with E-state index in [1.54, 1.807) is 13.8 Å². The molecule has 202 valence electrons. The zero-order chi connectivity index (χ0) is 27.8. The maximum atomic E-state index is 16.1. The molecule has 1 saturated carbocycles. The summed E-state index contributed by atoms with van der Waals surface area (Å²) in [5.74, 6) is -1.76. The normalized spacial score (nSPS) is 18.4. The first kappa shape index (κ1) is 25.9. The number of hydrogen-bond donors (Lipinski definition) is 0. The van der Waals surface area contributed by atoms with E-state index in [-0.39, 0.29) is 28.1 Å². The molecular formula is C28H25ClF2N4O3S. The van der Waals surface area contributed by atoms with Crippen LogP contribution in [0.3, 0.4) is 0 Å². The molecule has 0 bridgehead atoms. The number of fused-ring (bicyclic) bond motifs is 1. The number of aryl methyl sites for hydroxylation is 3. The lowest BCUT2D eigenvalue weighted by atomic mass is 10.0. The number of aromatic nitrogens is 4. The van der Waals surface area contributed by atoms with Crippen LogP contribution in [0.25, 0.3) is 16.9 Å². The first-order valence-corrected chi connectivity index (χ1v) is 14.9. The van der Waals surface area contributed by atoms with Gasteiger partial charge in [-0.15, -0.1) is 0 Å². The molecule has 7 nitrogen and oxygen atoms in total. The molecule has 1 aliphatic heterocycles. The van der Waals surface area contributed by atoms with Crippen molar-refractivity contribution in [2.24, 2.45) is 0 Å². The van der Waals surface area contributed by atoms with Crippen molar-refractivity contribution in [2.45, 2.75) is 56.4 Å². The van der Waals surface area contributed by atoms with E-state index in [1.165, 1.54) is 34.2 Å². The van der Waals surface area contributed by atoms with Crippen molar-refractivity contribution in [1.82, 2.24) is 19.3 Å². The highest BCUT2D eigenvalue weighted by Gasteiger charge is 2.44. The topological polar surface area (TPSA) is 86.8 Å². The maximum absolute atomic E-state index is 16.1. The summed E-state index contributed by atoms with van der Waals surface area (Å²) in [6, 6.07) is 5.49. The predicted molar refractivity (Wildman–Crippen MR) is 143 cm³/mol. The van der Waals surface area contributed by atoms with Crippen molar-refractivity contribution in [3.8, 4) is 16.9 Å². The number of benzene rings is 1. The number of halogens is 3. The first-order valence-electron chi connectivity index (χ1n) is 12.6. The number of sulfone groups is 1. The fraction of sp³-hybridized carbons (Fsp3) is 0.321. The average molecular weight is 571 g/mol. The highest BCUT2D eigenvalue weighted by molar-refractivity contribution is 7.90. The maximum Gasteiger partial charge on any atom is 0.274 e. The highest BCUT2D eigenvalue weighted by Crippen LogP contribution is 2.57. The fourth-order valence-electron chi connectivity index (χ4n) is 5.77. The van der Waals surface area contributed by atoms with Crippen molar-refractivity contribution in [3.05, 3.63) is 91.7 Å². The van der Waals surface area contributed by atoms with Gasteiger partial charge >= 0.3 is 0 Å². The second kappa shape index (κ2) is 9.09. The smallest absolute Gasteiger partial charge is 0.274 e. The molecule has 1 fully saturated rings. The Kier molecular flexibility index (Phi) is 6.03. The molecule has 0 unspecified atom stereocenters. The molecule has 4 heterocycles. The molecule has 11 heteroatoms. The summed E-state index contributed by atoms with van der Waals surface area (Å²) in [7, 11) is -3.90. The van der Waals surface area contributed by atoms with E-state index in [1.807, 2.05) is 16.9 Å². The lowest BCUT2D eigenvalue weighted by molar-refractivity contribution is 0.569. The summed E-state index contributed by atoms with van der Waals surface area (Å²) in [5.41, 5.74) is 2.57. The molecule has 1 aliphatic carbocycles. The van der Waals surface area contributed by atoms with Crippen LogP contribution in [0.15, 0.2) is 46.3 Å². The van der Waals surface area contributed by atoms with E-state index in [2.05, 4.69) is 10.1 Å². The van der Waals surface area contributed by atoms with Gasteiger partial charge in [-0.3, -0.25) is 19.0 Å². The molecule has 1 aromatic carbocycles. The number of pyridine rings is 2. The van der Waals surface area contributed by atoms with Crippen molar-refractivity contribution in [2.75, 3.05) is 6.26 Å². The quantitative estimate of drug-likeness (QED) is 0.326. The summed E-state index contributed by atoms with van der Waals surface area (Å²) in [5, 5.41) is 4.50. The Balaban J connectivity index is 1.44. The molecule has 2 atom stereocenters. The summed E-state index contributed by atoms with van der Waals surface area (Å²) in [6.45, 7) is 4.20. The van der Waals surface area contributed by atoms with E-state index in [9.17, 15) is 13.2 Å². The molecule has 0 radical (unpaired) electrons. The highest BCUT2D eigenvalue weighted by atomic mass is 35.5. The van der Waals surface area contributed by atoms with Crippen LogP contribution in [0.5, 0.6) is 0 Å². The summed E-state index contributed by atoms with van der Waals surface area (Å²) < 4.78 is 58.5. The van der Waals surface area contributed by atoms with Crippen LogP contribution in [0.1, 0.15) is 52.8 Å². The van der Waals surface area contributed by atoms with E-state index in [0.717, 1.165) is 43.7 Å². The van der Waals surface area contributed by atoms with Crippen LogP contribution in [-0.2, 0) is 22.8 Å². The Hall–Kier alpha value is -3.37. The number of hydrogen-bond acceptors (Lipinski definition) is 5. The molecule has 0 saturated heterocycles. The summed E-state index contributed by atoms with van der Waals surface area (Å²) in [4.78, 5) is 17.1. The van der Waals surface area contributed by atoms with Gasteiger partial charge < -0.3 is 0 Å². The van der Waals surface area contributed by atoms with Gasteiger partial charge in [0.15, 0.2) is 21.5 Å². The third kappa shape index (κ3) is 4.12. The number of rotatable bonds is 5. The third-order valence-electron chi connectivity index (χ3n) is 7.73. The van der Waals surface area contributed by atoms with Gasteiger partial charge in [0.2, 0.25) is 0 Å². The van der Waals surface area contributed by atoms with Gasteiger partial charge in [0.05, 0.1) is 11.9 Å². The Labute approximate surface area is 229 Å². The Morgan fingerprint density at radius 2 is 1.82 bits per heavy atom. The molecule has 3 aromatic heterocycles. The van der Waals surface area contributed by atoms with E-state index in [4.69, 9.17) is 11.6 Å². The van der Waals surface area contributed by atoms with E-state index < -0.39 is 37.6 Å². The van der Waals surface area contributed by atoms with Gasteiger partial charge in [0, 0.05) is 35.9 Å². The Bertz CT molecular complexity index is 1850. The van der Waals surface area contributed by atoms with Crippen LogP contribution < -0.4 is 5.56 Å². The van der Waals surface area contributed by atoms with Crippen molar-refractivity contribution in [1.29, 1.82) is 0 Å². The van der Waals surface area contributed by atoms with Crippen LogP contribution >= 0.6 is 11.6 Å². The van der Waals surface area contributed by atoms with Crippen LogP contribution in [0.4, 0.5) is 8.78 Å². The summed E-state index contributed by atoms with van der Waals surface area (Å²) >= 11 is 6.64. The average Bonchev–Trinajstić information content (AvgIpc) is 3.32. The van der Waals surface area contributed by atoms with E-state index in [0.29, 0.717) is 11.3 Å². The van der Waals surface area contributed by atoms with E-state index >= 15 is 8.78 Å². The standard InChI is InChI=1S/C28H25ClF2N4O3S/c1-14-12-32-26(16-6-4-8-22(24(16)30)39(3,37)38)25(31)27(14)35-15(2)10-19(23(29)28(35)36)17-11-18(17)20-13-33-34-9-5-7-21(20)34/h4,6,8,10,12-13,17-18H,5,7,9,11H2,1-3H3/t17-,18-/m0/s1. The Morgan fingerprint density at radius 3 is 2.56 bits per heavy atom. The minimum atomic E-state index is -3.90. The number of nitrogens with zero attached hydrogens (tertiary/aromatic N) is 4. The van der Waals surface area contributed by atoms with Gasteiger partial charge in [-0.1, -0.05) is 17.7 Å². The molecule has 0 N–H and O–H groups in total. The minimum Gasteiger partial charge on any atom is -0.277 e. The monoisotopic (exact) mass is 570 g/mol. The summed E-state index contributed by atoms with van der Waals surface area (Å²) in [6.07, 6.45) is 7.02. The second-order valence-corrected chi connectivity index (χ2v) is 12.7. The zero-order valence-electron chi connectivity index (χ0n) is 21.5. The lowest BCUT2D eigenvalue weighted by Gasteiger charge is -2.18. The lowest BCUT2D eigenvalue weighted by Crippen LogP contribution is -2.24. The molecule has 4 aromatic rings. The third-order valence-corrected chi connectivity index (χ3v) is 9.23. The van der Waals surface area contributed by atoms with Crippen LogP contribution in [0, 0.1) is 25.5 Å². The molecular weight excluding hydrogens is 546 g/mol. The molecule has 6 rings (SSSR count). The Morgan fingerprint density at radius 1 is 1.08 bits per heavy atom. The first-order chi connectivity index (χ1) is 18.5. The molecule has 2 aliphatic rings. The van der Waals surface area contributed by atoms with Gasteiger partial charge in [0.1, 0.15) is 15.6 Å². The minimum absolute atomic E-state index is 0.0133. The van der Waals surface area contributed by atoms with Crippen molar-refractivity contribution >= 4 is 21.4 Å². The zero-order valence-corrected chi connectivity index (χ0v) is 23.1. The molecule has 39 heavy (non-hydrogen) atoms. The van der Waals surface area contributed by atoms with Crippen molar-refractivity contribution < 1.29 is 17.2 Å².